The van der Waals surface area contributed by atoms with Crippen molar-refractivity contribution in [1.82, 2.24) is 9.62 Å². The van der Waals surface area contributed by atoms with Gasteiger partial charge < -0.3 is 10.1 Å². The van der Waals surface area contributed by atoms with Gasteiger partial charge in [-0.25, -0.2) is 13.2 Å². The van der Waals surface area contributed by atoms with Crippen LogP contribution in [0, 0.1) is 6.92 Å². The summed E-state index contributed by atoms with van der Waals surface area (Å²) in [6, 6.07) is -0.0407. The lowest BCUT2D eigenvalue weighted by molar-refractivity contribution is 0.0602. The zero-order valence-electron chi connectivity index (χ0n) is 12.4. The fourth-order valence-electron chi connectivity index (χ4n) is 2.50. The maximum atomic E-state index is 12.9. The highest BCUT2D eigenvalue weighted by Crippen LogP contribution is 2.31. The van der Waals surface area contributed by atoms with E-state index in [1.165, 1.54) is 11.4 Å². The maximum Gasteiger partial charge on any atom is 0.349 e. The summed E-state index contributed by atoms with van der Waals surface area (Å²) in [5.74, 6) is -0.606. The monoisotopic (exact) mass is 332 g/mol. The van der Waals surface area contributed by atoms with E-state index < -0.39 is 16.0 Å². The van der Waals surface area contributed by atoms with Gasteiger partial charge in [0.05, 0.1) is 7.11 Å². The molecule has 0 radical (unpaired) electrons. The molecule has 2 rings (SSSR count). The van der Waals surface area contributed by atoms with Crippen molar-refractivity contribution in [2.75, 3.05) is 27.2 Å². The first-order chi connectivity index (χ1) is 9.89. The van der Waals surface area contributed by atoms with Crippen LogP contribution >= 0.6 is 11.3 Å². The third-order valence-corrected chi connectivity index (χ3v) is 7.05. The summed E-state index contributed by atoms with van der Waals surface area (Å²) >= 11 is 1.11. The molecule has 0 saturated carbocycles. The first kappa shape index (κ1) is 16.4. The Morgan fingerprint density at radius 3 is 2.62 bits per heavy atom. The Labute approximate surface area is 129 Å². The lowest BCUT2D eigenvalue weighted by Crippen LogP contribution is -2.44. The van der Waals surface area contributed by atoms with Crippen LogP contribution in [0.4, 0.5) is 0 Å². The average Bonchev–Trinajstić information content (AvgIpc) is 2.89. The molecular formula is C13H20N2O4S2. The van der Waals surface area contributed by atoms with Crippen molar-refractivity contribution < 1.29 is 17.9 Å². The third-order valence-electron chi connectivity index (χ3n) is 3.75. The quantitative estimate of drug-likeness (QED) is 0.839. The predicted octanol–water partition coefficient (Wildman–Crippen LogP) is 1.22. The van der Waals surface area contributed by atoms with Gasteiger partial charge in [0.25, 0.3) is 0 Å². The average molecular weight is 332 g/mol. The highest BCUT2D eigenvalue weighted by molar-refractivity contribution is 7.89. The van der Waals surface area contributed by atoms with Crippen LogP contribution in [0.2, 0.25) is 0 Å². The Balaban J connectivity index is 2.39. The number of hydrogen-bond acceptors (Lipinski definition) is 6. The fourth-order valence-corrected chi connectivity index (χ4v) is 5.57. The van der Waals surface area contributed by atoms with Crippen LogP contribution in [0.15, 0.2) is 10.3 Å². The van der Waals surface area contributed by atoms with Gasteiger partial charge in [0.1, 0.15) is 9.77 Å². The number of piperidine rings is 1. The minimum atomic E-state index is -3.70. The summed E-state index contributed by atoms with van der Waals surface area (Å²) in [4.78, 5) is 12.0. The van der Waals surface area contributed by atoms with Crippen molar-refractivity contribution in [3.8, 4) is 0 Å². The Bertz CT molecular complexity index is 618. The van der Waals surface area contributed by atoms with Gasteiger partial charge >= 0.3 is 5.97 Å². The molecule has 0 spiro atoms. The molecule has 0 bridgehead atoms. The molecule has 1 aliphatic heterocycles. The van der Waals surface area contributed by atoms with Crippen LogP contribution in [0.25, 0.3) is 0 Å². The summed E-state index contributed by atoms with van der Waals surface area (Å²) in [7, 11) is -0.856. The number of carbonyl (C=O) groups excluding carboxylic acids is 1. The Morgan fingerprint density at radius 2 is 2.05 bits per heavy atom. The Kier molecular flexibility index (Phi) is 5.03. The number of ether oxygens (including phenoxy) is 1. The van der Waals surface area contributed by atoms with E-state index in [-0.39, 0.29) is 15.8 Å². The number of thiophene rings is 1. The van der Waals surface area contributed by atoms with Crippen LogP contribution in [0.1, 0.15) is 28.1 Å². The number of methoxy groups -OCH3 is 1. The molecule has 0 amide bonds. The number of sulfonamides is 1. The molecule has 0 aliphatic carbocycles. The molecule has 0 unspecified atom stereocenters. The van der Waals surface area contributed by atoms with Gasteiger partial charge in [-0.1, -0.05) is 0 Å². The van der Waals surface area contributed by atoms with Gasteiger partial charge in [0, 0.05) is 13.1 Å². The minimum Gasteiger partial charge on any atom is -0.465 e. The van der Waals surface area contributed by atoms with Gasteiger partial charge in [0.15, 0.2) is 0 Å². The summed E-state index contributed by atoms with van der Waals surface area (Å²) < 4.78 is 31.8. The molecule has 1 aromatic heterocycles. The molecule has 1 N–H and O–H groups in total. The number of nitrogens with zero attached hydrogens (tertiary/aromatic N) is 1. The van der Waals surface area contributed by atoms with E-state index in [1.807, 2.05) is 0 Å². The topological polar surface area (TPSA) is 75.7 Å². The van der Waals surface area contributed by atoms with E-state index in [9.17, 15) is 13.2 Å². The lowest BCUT2D eigenvalue weighted by Gasteiger charge is -2.31. The molecule has 2 heterocycles. The summed E-state index contributed by atoms with van der Waals surface area (Å²) in [6.45, 7) is 3.31. The maximum absolute atomic E-state index is 12.9. The summed E-state index contributed by atoms with van der Waals surface area (Å²) in [5.41, 5.74) is 0.584. The molecule has 0 atom stereocenters. The number of carbonyl (C=O) groups is 1. The Hall–Kier alpha value is -0.960. The van der Waals surface area contributed by atoms with Gasteiger partial charge in [-0.3, -0.25) is 0 Å². The number of esters is 1. The fraction of sp³-hybridized carbons (Fsp3) is 0.615. The molecule has 8 heteroatoms. The van der Waals surface area contributed by atoms with Crippen LogP contribution in [0.5, 0.6) is 0 Å². The van der Waals surface area contributed by atoms with Crippen molar-refractivity contribution in [3.63, 3.8) is 0 Å². The van der Waals surface area contributed by atoms with Crippen LogP contribution < -0.4 is 5.32 Å². The summed E-state index contributed by atoms with van der Waals surface area (Å²) in [6.07, 6.45) is 1.54. The normalized spacial score (nSPS) is 17.1. The second-order valence-electron chi connectivity index (χ2n) is 5.07. The standard InChI is InChI=1S/C13H20N2O4S2/c1-9-8-20-11(13(16)19-3)12(9)21(17,18)15(2)10-4-6-14-7-5-10/h8,10,14H,4-7H2,1-3H3. The molecule has 1 aromatic rings. The number of aryl methyl sites for hydroxylation is 1. The first-order valence-corrected chi connectivity index (χ1v) is 9.06. The van der Waals surface area contributed by atoms with Crippen molar-refractivity contribution in [1.29, 1.82) is 0 Å². The summed E-state index contributed by atoms with van der Waals surface area (Å²) in [5, 5.41) is 4.89. The van der Waals surface area contributed by atoms with E-state index in [0.29, 0.717) is 5.56 Å². The predicted molar refractivity (Wildman–Crippen MR) is 81.2 cm³/mol. The molecule has 1 saturated heterocycles. The van der Waals surface area contributed by atoms with E-state index in [1.54, 1.807) is 19.4 Å². The van der Waals surface area contributed by atoms with Crippen molar-refractivity contribution in [3.05, 3.63) is 15.8 Å². The van der Waals surface area contributed by atoms with E-state index in [4.69, 9.17) is 0 Å². The van der Waals surface area contributed by atoms with Gasteiger partial charge in [-0.15, -0.1) is 11.3 Å². The van der Waals surface area contributed by atoms with Crippen LogP contribution in [0.3, 0.4) is 0 Å². The molecule has 1 aliphatic rings. The van der Waals surface area contributed by atoms with Crippen LogP contribution in [-0.2, 0) is 14.8 Å². The van der Waals surface area contributed by atoms with E-state index >= 15 is 0 Å². The lowest BCUT2D eigenvalue weighted by atomic mass is 10.1. The van der Waals surface area contributed by atoms with Gasteiger partial charge in [0.2, 0.25) is 10.0 Å². The molecule has 6 nitrogen and oxygen atoms in total. The van der Waals surface area contributed by atoms with E-state index in [0.717, 1.165) is 37.3 Å². The van der Waals surface area contributed by atoms with Crippen molar-refractivity contribution in [2.24, 2.45) is 0 Å². The highest BCUT2D eigenvalue weighted by Gasteiger charge is 2.34. The molecular weight excluding hydrogens is 312 g/mol. The number of nitrogens with one attached hydrogen (secondary N) is 1. The Morgan fingerprint density at radius 1 is 1.43 bits per heavy atom. The molecule has 0 aromatic carbocycles. The minimum absolute atomic E-state index is 0.0407. The zero-order valence-corrected chi connectivity index (χ0v) is 14.0. The van der Waals surface area contributed by atoms with Crippen molar-refractivity contribution >= 4 is 27.3 Å². The molecule has 118 valence electrons. The number of rotatable bonds is 4. The van der Waals surface area contributed by atoms with Crippen molar-refractivity contribution in [2.45, 2.75) is 30.7 Å². The second-order valence-corrected chi connectivity index (χ2v) is 7.88. The molecule has 21 heavy (non-hydrogen) atoms. The largest absolute Gasteiger partial charge is 0.465 e. The third kappa shape index (κ3) is 3.13. The van der Waals surface area contributed by atoms with E-state index in [2.05, 4.69) is 10.1 Å². The van der Waals surface area contributed by atoms with Gasteiger partial charge in [-0.05, 0) is 43.8 Å². The first-order valence-electron chi connectivity index (χ1n) is 6.74. The SMILES string of the molecule is COC(=O)c1scc(C)c1S(=O)(=O)N(C)C1CCNCC1. The second kappa shape index (κ2) is 6.43. The van der Waals surface area contributed by atoms with Gasteiger partial charge in [-0.2, -0.15) is 4.31 Å². The highest BCUT2D eigenvalue weighted by atomic mass is 32.2. The number of hydrogen-bond donors (Lipinski definition) is 1. The zero-order chi connectivity index (χ0) is 15.6. The smallest absolute Gasteiger partial charge is 0.349 e. The van der Waals surface area contributed by atoms with Crippen LogP contribution in [-0.4, -0.2) is 52.0 Å². The molecule has 1 fully saturated rings.